The van der Waals surface area contributed by atoms with Gasteiger partial charge in [-0.05, 0) is 59.8 Å². The minimum atomic E-state index is -0.323. The number of carbonyl (C=O) groups excluding carboxylic acids is 2. The van der Waals surface area contributed by atoms with Gasteiger partial charge in [-0.25, -0.2) is 4.98 Å². The SMILES string of the molecule is O=C1CC(=O)N(c2ccc(-n3ccnc3CCc3cccc(O)c3)cc2)c2ccc3ccccc3c2N1. The van der Waals surface area contributed by atoms with Gasteiger partial charge in [-0.3, -0.25) is 14.5 Å². The molecule has 0 saturated heterocycles. The molecule has 0 radical (unpaired) electrons. The van der Waals surface area contributed by atoms with E-state index in [0.29, 0.717) is 23.5 Å². The van der Waals surface area contributed by atoms with Crippen molar-refractivity contribution in [2.75, 3.05) is 10.2 Å². The summed E-state index contributed by atoms with van der Waals surface area (Å²) < 4.78 is 2.02. The molecule has 1 aromatic heterocycles. The molecular weight excluding hydrogens is 464 g/mol. The number of amides is 2. The summed E-state index contributed by atoms with van der Waals surface area (Å²) in [7, 11) is 0. The molecule has 0 spiro atoms. The van der Waals surface area contributed by atoms with Crippen molar-refractivity contribution in [2.24, 2.45) is 0 Å². The number of carbonyl (C=O) groups is 2. The molecule has 0 atom stereocenters. The summed E-state index contributed by atoms with van der Waals surface area (Å²) in [6.45, 7) is 0. The number of rotatable bonds is 5. The lowest BCUT2D eigenvalue weighted by Crippen LogP contribution is -2.26. The molecule has 4 aromatic carbocycles. The van der Waals surface area contributed by atoms with Crippen LogP contribution in [-0.4, -0.2) is 26.5 Å². The number of phenolic OH excluding ortho intramolecular Hbond substituents is 1. The van der Waals surface area contributed by atoms with Crippen molar-refractivity contribution >= 4 is 39.6 Å². The zero-order valence-electron chi connectivity index (χ0n) is 20.0. The summed E-state index contributed by atoms with van der Waals surface area (Å²) in [6, 6.07) is 26.6. The van der Waals surface area contributed by atoms with Crippen LogP contribution in [0.3, 0.4) is 0 Å². The van der Waals surface area contributed by atoms with Crippen molar-refractivity contribution < 1.29 is 14.7 Å². The molecule has 0 unspecified atom stereocenters. The van der Waals surface area contributed by atoms with E-state index >= 15 is 0 Å². The monoisotopic (exact) mass is 488 g/mol. The Bertz CT molecular complexity index is 1640. The van der Waals surface area contributed by atoms with Crippen LogP contribution in [0.25, 0.3) is 16.5 Å². The second-order valence-electron chi connectivity index (χ2n) is 9.03. The van der Waals surface area contributed by atoms with Gasteiger partial charge in [-0.15, -0.1) is 0 Å². The maximum Gasteiger partial charge on any atom is 0.241 e. The quantitative estimate of drug-likeness (QED) is 0.319. The average molecular weight is 489 g/mol. The lowest BCUT2D eigenvalue weighted by atomic mass is 10.1. The van der Waals surface area contributed by atoms with Gasteiger partial charge in [-0.2, -0.15) is 0 Å². The third-order valence-electron chi connectivity index (χ3n) is 6.62. The number of benzene rings is 4. The third kappa shape index (κ3) is 4.31. The van der Waals surface area contributed by atoms with Gasteiger partial charge in [0, 0.05) is 35.6 Å². The van der Waals surface area contributed by atoms with Crippen LogP contribution in [0, 0.1) is 0 Å². The summed E-state index contributed by atoms with van der Waals surface area (Å²) in [4.78, 5) is 31.8. The van der Waals surface area contributed by atoms with Gasteiger partial charge in [0.25, 0.3) is 0 Å². The first-order valence-corrected chi connectivity index (χ1v) is 12.1. The molecule has 1 aliphatic rings. The van der Waals surface area contributed by atoms with Crippen molar-refractivity contribution in [3.05, 3.63) is 109 Å². The van der Waals surface area contributed by atoms with E-state index in [-0.39, 0.29) is 24.0 Å². The first-order valence-electron chi connectivity index (χ1n) is 12.1. The largest absolute Gasteiger partial charge is 0.508 e. The molecule has 0 fully saturated rings. The highest BCUT2D eigenvalue weighted by Crippen LogP contribution is 2.40. The number of nitrogens with zero attached hydrogens (tertiary/aromatic N) is 3. The number of nitrogens with one attached hydrogen (secondary N) is 1. The fraction of sp³-hybridized carbons (Fsp3) is 0.100. The molecule has 0 saturated carbocycles. The lowest BCUT2D eigenvalue weighted by molar-refractivity contribution is -0.124. The fourth-order valence-corrected chi connectivity index (χ4v) is 4.88. The number of imidazole rings is 1. The molecule has 2 N–H and O–H groups in total. The van der Waals surface area contributed by atoms with Crippen molar-refractivity contribution in [2.45, 2.75) is 19.3 Å². The molecule has 7 nitrogen and oxygen atoms in total. The summed E-state index contributed by atoms with van der Waals surface area (Å²) in [5.74, 6) is 0.546. The highest BCUT2D eigenvalue weighted by molar-refractivity contribution is 6.21. The molecule has 5 aromatic rings. The number of aryl methyl sites for hydroxylation is 2. The Morgan fingerprint density at radius 1 is 0.865 bits per heavy atom. The zero-order valence-corrected chi connectivity index (χ0v) is 20.0. The summed E-state index contributed by atoms with van der Waals surface area (Å²) in [6.07, 6.45) is 4.90. The number of hydrogen-bond acceptors (Lipinski definition) is 4. The summed E-state index contributed by atoms with van der Waals surface area (Å²) in [5.41, 5.74) is 3.93. The predicted molar refractivity (Wildman–Crippen MR) is 143 cm³/mol. The van der Waals surface area contributed by atoms with Crippen LogP contribution in [0.5, 0.6) is 5.75 Å². The van der Waals surface area contributed by atoms with Crippen LogP contribution in [-0.2, 0) is 22.4 Å². The summed E-state index contributed by atoms with van der Waals surface area (Å²) in [5, 5.41) is 14.5. The molecule has 0 aliphatic carbocycles. The molecule has 182 valence electrons. The topological polar surface area (TPSA) is 87.5 Å². The number of anilines is 3. The molecule has 2 amide bonds. The van der Waals surface area contributed by atoms with Crippen molar-refractivity contribution in [1.29, 1.82) is 0 Å². The molecule has 37 heavy (non-hydrogen) atoms. The Morgan fingerprint density at radius 2 is 1.68 bits per heavy atom. The van der Waals surface area contributed by atoms with E-state index < -0.39 is 0 Å². The van der Waals surface area contributed by atoms with Crippen molar-refractivity contribution in [3.63, 3.8) is 0 Å². The van der Waals surface area contributed by atoms with E-state index in [0.717, 1.165) is 34.3 Å². The Kier molecular flexibility index (Phi) is 5.65. The number of phenols is 1. The first kappa shape index (κ1) is 22.5. The van der Waals surface area contributed by atoms with Crippen LogP contribution in [0.2, 0.25) is 0 Å². The number of aromatic nitrogens is 2. The number of aromatic hydroxyl groups is 1. The normalized spacial score (nSPS) is 13.4. The van der Waals surface area contributed by atoms with Gasteiger partial charge in [-0.1, -0.05) is 42.5 Å². The van der Waals surface area contributed by atoms with Crippen LogP contribution in [0.1, 0.15) is 17.8 Å². The standard InChI is InChI=1S/C30H24N4O3/c35-24-6-3-4-20(18-24)8-15-27-31-16-17-33(27)22-10-12-23(13-11-22)34-26-14-9-21-5-1-2-7-25(21)30(26)32-28(36)19-29(34)37/h1-7,9-14,16-18,35H,8,15,19H2,(H,32,36). The van der Waals surface area contributed by atoms with Crippen molar-refractivity contribution in [3.8, 4) is 11.4 Å². The van der Waals surface area contributed by atoms with E-state index in [1.165, 1.54) is 0 Å². The number of hydrogen-bond donors (Lipinski definition) is 2. The van der Waals surface area contributed by atoms with E-state index in [9.17, 15) is 14.7 Å². The maximum absolute atomic E-state index is 13.2. The van der Waals surface area contributed by atoms with Crippen LogP contribution in [0.4, 0.5) is 17.1 Å². The highest BCUT2D eigenvalue weighted by Gasteiger charge is 2.28. The minimum Gasteiger partial charge on any atom is -0.508 e. The van der Waals surface area contributed by atoms with Gasteiger partial charge in [0.2, 0.25) is 11.8 Å². The molecule has 0 bridgehead atoms. The van der Waals surface area contributed by atoms with E-state index in [4.69, 9.17) is 0 Å². The van der Waals surface area contributed by atoms with Crippen molar-refractivity contribution in [1.82, 2.24) is 9.55 Å². The average Bonchev–Trinajstić information content (AvgIpc) is 3.33. The Labute approximate surface area is 213 Å². The lowest BCUT2D eigenvalue weighted by Gasteiger charge is -2.23. The predicted octanol–water partition coefficient (Wildman–Crippen LogP) is 5.52. The van der Waals surface area contributed by atoms with E-state index in [1.54, 1.807) is 23.2 Å². The smallest absolute Gasteiger partial charge is 0.241 e. The van der Waals surface area contributed by atoms with E-state index in [1.807, 2.05) is 83.6 Å². The molecule has 7 heteroatoms. The maximum atomic E-state index is 13.2. The van der Waals surface area contributed by atoms with Crippen LogP contribution >= 0.6 is 0 Å². The zero-order chi connectivity index (χ0) is 25.4. The van der Waals surface area contributed by atoms with E-state index in [2.05, 4.69) is 10.3 Å². The van der Waals surface area contributed by atoms with Crippen LogP contribution in [0.15, 0.2) is 97.3 Å². The van der Waals surface area contributed by atoms with Crippen LogP contribution < -0.4 is 10.2 Å². The second-order valence-corrected chi connectivity index (χ2v) is 9.03. The van der Waals surface area contributed by atoms with Gasteiger partial charge in [0.1, 0.15) is 18.0 Å². The first-order chi connectivity index (χ1) is 18.1. The molecule has 6 rings (SSSR count). The molecule has 2 heterocycles. The molecule has 1 aliphatic heterocycles. The minimum absolute atomic E-state index is 0.231. The third-order valence-corrected chi connectivity index (χ3v) is 6.62. The van der Waals surface area contributed by atoms with Gasteiger partial charge < -0.3 is 15.0 Å². The van der Waals surface area contributed by atoms with Gasteiger partial charge in [0.15, 0.2) is 0 Å². The Morgan fingerprint density at radius 3 is 2.51 bits per heavy atom. The summed E-state index contributed by atoms with van der Waals surface area (Å²) >= 11 is 0. The fourth-order valence-electron chi connectivity index (χ4n) is 4.88. The Hall–Kier alpha value is -4.91. The Balaban J connectivity index is 1.32. The highest BCUT2D eigenvalue weighted by atomic mass is 16.3. The molecular formula is C30H24N4O3. The van der Waals surface area contributed by atoms with Gasteiger partial charge >= 0.3 is 0 Å². The van der Waals surface area contributed by atoms with Gasteiger partial charge in [0.05, 0.1) is 11.4 Å². The number of fused-ring (bicyclic) bond motifs is 3. The second kappa shape index (κ2) is 9.28.